The lowest BCUT2D eigenvalue weighted by Crippen LogP contribution is -2.24. The number of fused-ring (bicyclic) bond motifs is 1. The van der Waals surface area contributed by atoms with E-state index in [1.54, 1.807) is 19.2 Å². The second-order valence-electron chi connectivity index (χ2n) is 5.63. The standard InChI is InChI=1S/C19H17ClFNO3/c1-22(12-14-15(20)3-2-4-16(14)21)19(23)8-6-13-5-7-17-18(11-13)25-10-9-24-17/h2-8,11H,9-10,12H2,1H3. The second kappa shape index (κ2) is 7.57. The molecule has 0 unspecified atom stereocenters. The van der Waals surface area contributed by atoms with Crippen LogP contribution in [0.15, 0.2) is 42.5 Å². The first-order valence-corrected chi connectivity index (χ1v) is 8.18. The molecule has 0 fully saturated rings. The van der Waals surface area contributed by atoms with Crippen molar-refractivity contribution in [2.45, 2.75) is 6.54 Å². The molecule has 0 N–H and O–H groups in total. The van der Waals surface area contributed by atoms with E-state index < -0.39 is 5.82 Å². The monoisotopic (exact) mass is 361 g/mol. The molecule has 0 radical (unpaired) electrons. The number of likely N-dealkylation sites (N-methyl/N-ethyl adjacent to an activating group) is 1. The van der Waals surface area contributed by atoms with E-state index in [9.17, 15) is 9.18 Å². The maximum atomic E-state index is 13.8. The van der Waals surface area contributed by atoms with Gasteiger partial charge in [0.1, 0.15) is 19.0 Å². The molecule has 0 aromatic heterocycles. The fraction of sp³-hybridized carbons (Fsp3) is 0.211. The molecule has 0 spiro atoms. The number of hydrogen-bond donors (Lipinski definition) is 0. The van der Waals surface area contributed by atoms with Gasteiger partial charge in [-0.25, -0.2) is 4.39 Å². The van der Waals surface area contributed by atoms with Gasteiger partial charge in [0.15, 0.2) is 11.5 Å². The van der Waals surface area contributed by atoms with Crippen molar-refractivity contribution in [3.63, 3.8) is 0 Å². The van der Waals surface area contributed by atoms with Crippen LogP contribution >= 0.6 is 11.6 Å². The van der Waals surface area contributed by atoms with Gasteiger partial charge in [0, 0.05) is 30.3 Å². The van der Waals surface area contributed by atoms with Crippen LogP contribution < -0.4 is 9.47 Å². The average Bonchev–Trinajstić information content (AvgIpc) is 2.62. The highest BCUT2D eigenvalue weighted by molar-refractivity contribution is 6.31. The Kier molecular flexibility index (Phi) is 5.24. The van der Waals surface area contributed by atoms with Gasteiger partial charge in [-0.15, -0.1) is 0 Å². The number of nitrogens with zero attached hydrogens (tertiary/aromatic N) is 1. The molecule has 1 amide bonds. The summed E-state index contributed by atoms with van der Waals surface area (Å²) in [4.78, 5) is 13.7. The van der Waals surface area contributed by atoms with Crippen LogP contribution in [0.1, 0.15) is 11.1 Å². The molecule has 1 heterocycles. The lowest BCUT2D eigenvalue weighted by Gasteiger charge is -2.18. The van der Waals surface area contributed by atoms with E-state index in [-0.39, 0.29) is 12.5 Å². The number of amides is 1. The summed E-state index contributed by atoms with van der Waals surface area (Å²) in [5.74, 6) is 0.672. The molecule has 0 bridgehead atoms. The number of carbonyl (C=O) groups excluding carboxylic acids is 1. The minimum Gasteiger partial charge on any atom is -0.486 e. The van der Waals surface area contributed by atoms with Crippen LogP contribution in [0.5, 0.6) is 11.5 Å². The van der Waals surface area contributed by atoms with Gasteiger partial charge >= 0.3 is 0 Å². The van der Waals surface area contributed by atoms with E-state index in [0.717, 1.165) is 5.56 Å². The molecule has 25 heavy (non-hydrogen) atoms. The molecular weight excluding hydrogens is 345 g/mol. The summed E-state index contributed by atoms with van der Waals surface area (Å²) in [6.45, 7) is 1.13. The van der Waals surface area contributed by atoms with E-state index in [1.165, 1.54) is 23.1 Å². The molecule has 2 aromatic carbocycles. The molecule has 2 aromatic rings. The zero-order valence-corrected chi connectivity index (χ0v) is 14.4. The van der Waals surface area contributed by atoms with Crippen LogP contribution in [-0.4, -0.2) is 31.1 Å². The smallest absolute Gasteiger partial charge is 0.246 e. The van der Waals surface area contributed by atoms with Crippen LogP contribution in [0.3, 0.4) is 0 Å². The van der Waals surface area contributed by atoms with Crippen LogP contribution in [0, 0.1) is 5.82 Å². The highest BCUT2D eigenvalue weighted by Crippen LogP contribution is 2.31. The first kappa shape index (κ1) is 17.3. The molecule has 0 saturated heterocycles. The van der Waals surface area contributed by atoms with Gasteiger partial charge in [-0.1, -0.05) is 23.7 Å². The SMILES string of the molecule is CN(Cc1c(F)cccc1Cl)C(=O)C=Cc1ccc2c(c1)OCCO2. The summed E-state index contributed by atoms with van der Waals surface area (Å²) >= 11 is 6.00. The Morgan fingerprint density at radius 1 is 1.24 bits per heavy atom. The third kappa shape index (κ3) is 4.12. The zero-order valence-electron chi connectivity index (χ0n) is 13.7. The van der Waals surface area contributed by atoms with Crippen LogP contribution in [0.2, 0.25) is 5.02 Å². The summed E-state index contributed by atoms with van der Waals surface area (Å²) in [6.07, 6.45) is 3.11. The average molecular weight is 362 g/mol. The Balaban J connectivity index is 1.68. The maximum Gasteiger partial charge on any atom is 0.246 e. The van der Waals surface area contributed by atoms with Gasteiger partial charge < -0.3 is 14.4 Å². The van der Waals surface area contributed by atoms with E-state index in [4.69, 9.17) is 21.1 Å². The van der Waals surface area contributed by atoms with Crippen molar-refractivity contribution in [1.29, 1.82) is 0 Å². The lowest BCUT2D eigenvalue weighted by atomic mass is 10.1. The molecule has 6 heteroatoms. The summed E-state index contributed by atoms with van der Waals surface area (Å²) in [5.41, 5.74) is 1.11. The van der Waals surface area contributed by atoms with Crippen molar-refractivity contribution in [2.75, 3.05) is 20.3 Å². The Bertz CT molecular complexity index is 802. The molecule has 4 nitrogen and oxygen atoms in total. The molecular formula is C19H17ClFNO3. The maximum absolute atomic E-state index is 13.8. The van der Waals surface area contributed by atoms with Crippen LogP contribution in [0.4, 0.5) is 4.39 Å². The second-order valence-corrected chi connectivity index (χ2v) is 6.04. The number of rotatable bonds is 4. The fourth-order valence-corrected chi connectivity index (χ4v) is 2.68. The molecule has 0 saturated carbocycles. The van der Waals surface area contributed by atoms with E-state index in [1.807, 2.05) is 18.2 Å². The highest BCUT2D eigenvalue weighted by atomic mass is 35.5. The quantitative estimate of drug-likeness (QED) is 0.775. The molecule has 1 aliphatic rings. The van der Waals surface area contributed by atoms with Gasteiger partial charge in [0.05, 0.1) is 0 Å². The van der Waals surface area contributed by atoms with Crippen LogP contribution in [-0.2, 0) is 11.3 Å². The Hall–Kier alpha value is -2.53. The topological polar surface area (TPSA) is 38.8 Å². The van der Waals surface area contributed by atoms with E-state index in [0.29, 0.717) is 35.3 Å². The van der Waals surface area contributed by atoms with Crippen molar-refractivity contribution >= 4 is 23.6 Å². The summed E-state index contributed by atoms with van der Waals surface area (Å²) in [5, 5.41) is 0.301. The minimum absolute atomic E-state index is 0.0931. The minimum atomic E-state index is -0.428. The van der Waals surface area contributed by atoms with Crippen molar-refractivity contribution in [1.82, 2.24) is 4.90 Å². The van der Waals surface area contributed by atoms with Crippen LogP contribution in [0.25, 0.3) is 6.08 Å². The van der Waals surface area contributed by atoms with E-state index >= 15 is 0 Å². The normalized spacial score (nSPS) is 13.1. The van der Waals surface area contributed by atoms with Crippen molar-refractivity contribution in [2.24, 2.45) is 0 Å². The van der Waals surface area contributed by atoms with Crippen molar-refractivity contribution in [3.8, 4) is 11.5 Å². The van der Waals surface area contributed by atoms with Gasteiger partial charge in [-0.3, -0.25) is 4.79 Å². The Morgan fingerprint density at radius 3 is 2.76 bits per heavy atom. The van der Waals surface area contributed by atoms with Gasteiger partial charge in [-0.05, 0) is 35.9 Å². The third-order valence-corrected chi connectivity index (χ3v) is 4.17. The third-order valence-electron chi connectivity index (χ3n) is 3.82. The molecule has 1 aliphatic heterocycles. The molecule has 130 valence electrons. The van der Waals surface area contributed by atoms with E-state index in [2.05, 4.69) is 0 Å². The summed E-state index contributed by atoms with van der Waals surface area (Å²) in [6, 6.07) is 9.91. The van der Waals surface area contributed by atoms with Gasteiger partial charge in [-0.2, -0.15) is 0 Å². The zero-order chi connectivity index (χ0) is 17.8. The number of halogens is 2. The number of hydrogen-bond acceptors (Lipinski definition) is 3. The summed E-state index contributed by atoms with van der Waals surface area (Å²) < 4.78 is 24.8. The van der Waals surface area contributed by atoms with Crippen molar-refractivity contribution in [3.05, 3.63) is 64.4 Å². The molecule has 0 aliphatic carbocycles. The fourth-order valence-electron chi connectivity index (χ4n) is 2.46. The Labute approximate surface area is 150 Å². The number of benzene rings is 2. The number of carbonyl (C=O) groups is 1. The van der Waals surface area contributed by atoms with Gasteiger partial charge in [0.2, 0.25) is 5.91 Å². The first-order valence-electron chi connectivity index (χ1n) is 7.80. The Morgan fingerprint density at radius 2 is 2.00 bits per heavy atom. The summed E-state index contributed by atoms with van der Waals surface area (Å²) in [7, 11) is 1.60. The van der Waals surface area contributed by atoms with Gasteiger partial charge in [0.25, 0.3) is 0 Å². The first-order chi connectivity index (χ1) is 12.0. The largest absolute Gasteiger partial charge is 0.486 e. The molecule has 0 atom stereocenters. The lowest BCUT2D eigenvalue weighted by molar-refractivity contribution is -0.125. The van der Waals surface area contributed by atoms with Crippen molar-refractivity contribution < 1.29 is 18.7 Å². The highest BCUT2D eigenvalue weighted by Gasteiger charge is 2.13. The predicted octanol–water partition coefficient (Wildman–Crippen LogP) is 3.92. The predicted molar refractivity (Wildman–Crippen MR) is 94.4 cm³/mol. The number of ether oxygens (including phenoxy) is 2. The molecule has 3 rings (SSSR count).